The van der Waals surface area contributed by atoms with Crippen LogP contribution in [0.3, 0.4) is 0 Å². The number of rotatable bonds is 3. The van der Waals surface area contributed by atoms with Crippen molar-refractivity contribution in [1.29, 1.82) is 0 Å². The lowest BCUT2D eigenvalue weighted by Gasteiger charge is -2.33. The molecule has 1 atom stereocenters. The second kappa shape index (κ2) is 7.10. The third-order valence-corrected chi connectivity index (χ3v) is 5.60. The van der Waals surface area contributed by atoms with E-state index >= 15 is 0 Å². The molecule has 1 aromatic carbocycles. The minimum Gasteiger partial charge on any atom is -0.512 e. The Morgan fingerprint density at radius 3 is 2.46 bits per heavy atom. The van der Waals surface area contributed by atoms with Crippen LogP contribution >= 0.6 is 0 Å². The highest BCUT2D eigenvalue weighted by atomic mass is 16.5. The Kier molecular flexibility index (Phi) is 5.09. The highest BCUT2D eigenvalue weighted by Crippen LogP contribution is 2.40. The summed E-state index contributed by atoms with van der Waals surface area (Å²) in [5.74, 6) is 1.17. The number of benzene rings is 1. The summed E-state index contributed by atoms with van der Waals surface area (Å²) in [4.78, 5) is 12.9. The van der Waals surface area contributed by atoms with Crippen molar-refractivity contribution in [3.05, 3.63) is 40.1 Å². The van der Waals surface area contributed by atoms with Gasteiger partial charge in [-0.05, 0) is 61.6 Å². The number of aliphatic hydroxyl groups excluding tert-OH is 1. The van der Waals surface area contributed by atoms with Crippen molar-refractivity contribution in [2.45, 2.75) is 52.9 Å². The van der Waals surface area contributed by atoms with Crippen LogP contribution in [0.15, 0.2) is 17.9 Å². The van der Waals surface area contributed by atoms with Crippen LogP contribution in [0.25, 0.3) is 5.57 Å². The fourth-order valence-corrected chi connectivity index (χ4v) is 4.42. The molecule has 0 saturated carbocycles. The van der Waals surface area contributed by atoms with E-state index in [1.807, 2.05) is 6.92 Å². The smallest absolute Gasteiger partial charge is 0.167 e. The van der Waals surface area contributed by atoms with Gasteiger partial charge in [-0.15, -0.1) is 0 Å². The van der Waals surface area contributed by atoms with Crippen molar-refractivity contribution in [3.63, 3.8) is 0 Å². The van der Waals surface area contributed by atoms with Gasteiger partial charge in [0, 0.05) is 26.1 Å². The van der Waals surface area contributed by atoms with Gasteiger partial charge in [-0.25, -0.2) is 0 Å². The lowest BCUT2D eigenvalue weighted by molar-refractivity contribution is -0.116. The summed E-state index contributed by atoms with van der Waals surface area (Å²) < 4.78 is 5.43. The van der Waals surface area contributed by atoms with E-state index in [0.29, 0.717) is 30.1 Å². The molecular formula is C21H28O3. The van der Waals surface area contributed by atoms with Crippen LogP contribution in [0.4, 0.5) is 0 Å². The second-order valence-electron chi connectivity index (χ2n) is 7.33. The predicted octanol–water partition coefficient (Wildman–Crippen LogP) is 4.54. The third kappa shape index (κ3) is 3.27. The quantitative estimate of drug-likeness (QED) is 0.886. The number of ether oxygens (including phenoxy) is 1. The Balaban J connectivity index is 1.95. The highest BCUT2D eigenvalue weighted by molar-refractivity contribution is 6.22. The maximum absolute atomic E-state index is 12.9. The van der Waals surface area contributed by atoms with Crippen LogP contribution < -0.4 is 0 Å². The van der Waals surface area contributed by atoms with E-state index in [-0.39, 0.29) is 11.7 Å². The van der Waals surface area contributed by atoms with Gasteiger partial charge in [0.05, 0.1) is 5.57 Å². The molecule has 0 bridgehead atoms. The molecule has 0 amide bonds. The van der Waals surface area contributed by atoms with E-state index in [0.717, 1.165) is 49.2 Å². The number of allylic oxidation sites excluding steroid dienone is 2. The predicted molar refractivity (Wildman–Crippen MR) is 96.1 cm³/mol. The Morgan fingerprint density at radius 1 is 1.12 bits per heavy atom. The molecular weight excluding hydrogens is 300 g/mol. The topological polar surface area (TPSA) is 46.5 Å². The third-order valence-electron chi connectivity index (χ3n) is 5.60. The lowest BCUT2D eigenvalue weighted by atomic mass is 9.74. The largest absolute Gasteiger partial charge is 0.512 e. The zero-order valence-corrected chi connectivity index (χ0v) is 15.0. The monoisotopic (exact) mass is 328 g/mol. The summed E-state index contributed by atoms with van der Waals surface area (Å²) in [5, 5.41) is 10.7. The molecule has 24 heavy (non-hydrogen) atoms. The molecule has 3 rings (SSSR count). The molecule has 1 saturated heterocycles. The van der Waals surface area contributed by atoms with Crippen LogP contribution in [0.1, 0.15) is 54.9 Å². The van der Waals surface area contributed by atoms with Gasteiger partial charge >= 0.3 is 0 Å². The van der Waals surface area contributed by atoms with Crippen molar-refractivity contribution in [2.24, 2.45) is 11.8 Å². The second-order valence-corrected chi connectivity index (χ2v) is 7.33. The molecule has 0 radical (unpaired) electrons. The highest BCUT2D eigenvalue weighted by Gasteiger charge is 2.34. The molecule has 3 heteroatoms. The van der Waals surface area contributed by atoms with E-state index in [1.165, 1.54) is 5.56 Å². The molecule has 1 N–H and O–H groups in total. The summed E-state index contributed by atoms with van der Waals surface area (Å²) >= 11 is 0. The summed E-state index contributed by atoms with van der Waals surface area (Å²) in [6, 6.07) is 4.24. The molecule has 1 heterocycles. The molecule has 130 valence electrons. The van der Waals surface area contributed by atoms with Gasteiger partial charge < -0.3 is 9.84 Å². The molecule has 0 aromatic heterocycles. The number of aryl methyl sites for hydroxylation is 3. The first-order valence-electron chi connectivity index (χ1n) is 9.14. The average molecular weight is 328 g/mol. The molecule has 0 spiro atoms. The standard InChI is InChI=1S/C21H28O3/c1-4-15-10-13(2)9-14(3)20(15)21-18(22)11-17(12-19(21)23)16-5-7-24-8-6-16/h9-10,16-17,22H,4-8,11-12H2,1-3H3. The Hall–Kier alpha value is -1.61. The van der Waals surface area contributed by atoms with Gasteiger partial charge in [-0.1, -0.05) is 24.6 Å². The fourth-order valence-electron chi connectivity index (χ4n) is 4.42. The van der Waals surface area contributed by atoms with Crippen LogP contribution in [-0.2, 0) is 16.0 Å². The maximum atomic E-state index is 12.9. The van der Waals surface area contributed by atoms with E-state index in [4.69, 9.17) is 4.74 Å². The van der Waals surface area contributed by atoms with Crippen LogP contribution in [0, 0.1) is 25.7 Å². The fraction of sp³-hybridized carbons (Fsp3) is 0.571. The number of hydrogen-bond acceptors (Lipinski definition) is 3. The van der Waals surface area contributed by atoms with Crippen molar-refractivity contribution in [2.75, 3.05) is 13.2 Å². The van der Waals surface area contributed by atoms with Crippen molar-refractivity contribution < 1.29 is 14.6 Å². The molecule has 1 aromatic rings. The van der Waals surface area contributed by atoms with Gasteiger partial charge in [0.15, 0.2) is 5.78 Å². The Bertz CT molecular complexity index is 666. The zero-order chi connectivity index (χ0) is 17.3. The molecule has 1 unspecified atom stereocenters. The summed E-state index contributed by atoms with van der Waals surface area (Å²) in [7, 11) is 0. The van der Waals surface area contributed by atoms with E-state index in [1.54, 1.807) is 0 Å². The van der Waals surface area contributed by atoms with Crippen LogP contribution in [-0.4, -0.2) is 24.1 Å². The molecule has 2 aliphatic rings. The van der Waals surface area contributed by atoms with Crippen molar-refractivity contribution in [3.8, 4) is 0 Å². The summed E-state index contributed by atoms with van der Waals surface area (Å²) in [6.07, 6.45) is 4.06. The maximum Gasteiger partial charge on any atom is 0.167 e. The van der Waals surface area contributed by atoms with E-state index in [2.05, 4.69) is 26.0 Å². The number of carbonyl (C=O) groups excluding carboxylic acids is 1. The SMILES string of the molecule is CCc1cc(C)cc(C)c1C1=C(O)CC(C2CCOCC2)CC1=O. The number of aliphatic hydroxyl groups is 1. The molecule has 1 aliphatic heterocycles. The van der Waals surface area contributed by atoms with Crippen molar-refractivity contribution >= 4 is 11.4 Å². The van der Waals surface area contributed by atoms with Gasteiger partial charge in [0.2, 0.25) is 0 Å². The number of carbonyl (C=O) groups is 1. The number of Topliss-reactive ketones (excluding diaryl/α,β-unsaturated/α-hetero) is 1. The first kappa shape index (κ1) is 17.2. The summed E-state index contributed by atoms with van der Waals surface area (Å²) in [5.41, 5.74) is 5.00. The Labute approximate surface area is 144 Å². The van der Waals surface area contributed by atoms with Crippen LogP contribution in [0.5, 0.6) is 0 Å². The minimum absolute atomic E-state index is 0.108. The van der Waals surface area contributed by atoms with Gasteiger partial charge in [-0.3, -0.25) is 4.79 Å². The number of ketones is 1. The first-order valence-corrected chi connectivity index (χ1v) is 9.14. The lowest BCUT2D eigenvalue weighted by Crippen LogP contribution is -2.29. The molecule has 3 nitrogen and oxygen atoms in total. The van der Waals surface area contributed by atoms with Gasteiger partial charge in [-0.2, -0.15) is 0 Å². The van der Waals surface area contributed by atoms with Crippen molar-refractivity contribution in [1.82, 2.24) is 0 Å². The molecule has 1 aliphatic carbocycles. The Morgan fingerprint density at radius 2 is 1.83 bits per heavy atom. The van der Waals surface area contributed by atoms with Gasteiger partial charge in [0.1, 0.15) is 5.76 Å². The number of hydrogen-bond donors (Lipinski definition) is 1. The average Bonchev–Trinajstić information content (AvgIpc) is 2.56. The first-order chi connectivity index (χ1) is 11.5. The normalized spacial score (nSPS) is 23.0. The molecule has 1 fully saturated rings. The minimum atomic E-state index is 0.108. The summed E-state index contributed by atoms with van der Waals surface area (Å²) in [6.45, 7) is 7.79. The zero-order valence-electron chi connectivity index (χ0n) is 15.0. The van der Waals surface area contributed by atoms with Crippen LogP contribution in [0.2, 0.25) is 0 Å². The van der Waals surface area contributed by atoms with Gasteiger partial charge in [0.25, 0.3) is 0 Å². The van der Waals surface area contributed by atoms with E-state index in [9.17, 15) is 9.90 Å². The van der Waals surface area contributed by atoms with E-state index < -0.39 is 0 Å².